The van der Waals surface area contributed by atoms with Crippen LogP contribution in [-0.2, 0) is 5.11 Å². The number of hydrogen-bond acceptors (Lipinski definition) is 0. The monoisotopic (exact) mass is 197 g/mol. The molecule has 0 aromatic rings. The molecule has 0 aromatic heterocycles. The maximum Gasteiger partial charge on any atom is 0.391 e. The van der Waals surface area contributed by atoms with Gasteiger partial charge in [0.25, 0.3) is 0 Å². The number of rotatable bonds is 6. The van der Waals surface area contributed by atoms with E-state index >= 15 is 0 Å². The Hall–Kier alpha value is -0.250. The molecule has 0 aromatic carbocycles. The Morgan fingerprint density at radius 3 is 2.15 bits per heavy atom. The molecule has 0 saturated heterocycles. The zero-order valence-corrected chi connectivity index (χ0v) is 7.86. The summed E-state index contributed by atoms with van der Waals surface area (Å²) in [7, 11) is 0. The quantitative estimate of drug-likeness (QED) is 0.580. The van der Waals surface area contributed by atoms with E-state index in [4.69, 9.17) is 0 Å². The highest BCUT2D eigenvalue weighted by molar-refractivity contribution is 4.67. The number of unbranched alkanes of at least 4 members (excludes halogenated alkanes) is 1. The Kier molecular flexibility index (Phi) is 6.12. The van der Waals surface area contributed by atoms with E-state index in [9.17, 15) is 18.3 Å². The topological polar surface area (TPSA) is 19.9 Å². The molecule has 0 N–H and O–H groups in total. The SMILES string of the molecule is CCCC(CCCC[O])C(F)(F)F. The molecule has 79 valence electrons. The zero-order chi connectivity index (χ0) is 10.3. The van der Waals surface area contributed by atoms with Crippen LogP contribution in [0.5, 0.6) is 0 Å². The first-order chi connectivity index (χ1) is 6.02. The molecular formula is C9H16F3O. The standard InChI is InChI=1S/C9H16F3O/c1-2-5-8(9(10,11)12)6-3-4-7-13/h8H,2-7H2,1H3. The van der Waals surface area contributed by atoms with Crippen molar-refractivity contribution in [3.8, 4) is 0 Å². The highest BCUT2D eigenvalue weighted by atomic mass is 19.4. The molecule has 0 fully saturated rings. The van der Waals surface area contributed by atoms with Crippen LogP contribution in [0.2, 0.25) is 0 Å². The Morgan fingerprint density at radius 2 is 1.77 bits per heavy atom. The van der Waals surface area contributed by atoms with Crippen molar-refractivity contribution in [1.29, 1.82) is 0 Å². The third kappa shape index (κ3) is 5.91. The minimum absolute atomic E-state index is 0.111. The largest absolute Gasteiger partial charge is 0.391 e. The Morgan fingerprint density at radius 1 is 1.15 bits per heavy atom. The fourth-order valence-electron chi connectivity index (χ4n) is 1.31. The lowest BCUT2D eigenvalue weighted by molar-refractivity contribution is -0.178. The zero-order valence-electron chi connectivity index (χ0n) is 7.86. The molecule has 0 heterocycles. The predicted octanol–water partition coefficient (Wildman–Crippen LogP) is 3.57. The number of alkyl halides is 3. The van der Waals surface area contributed by atoms with Crippen LogP contribution in [0.3, 0.4) is 0 Å². The minimum atomic E-state index is -4.08. The van der Waals surface area contributed by atoms with Crippen LogP contribution in [-0.4, -0.2) is 12.8 Å². The molecule has 1 atom stereocenters. The van der Waals surface area contributed by atoms with Crippen LogP contribution in [0.4, 0.5) is 13.2 Å². The van der Waals surface area contributed by atoms with E-state index in [1.165, 1.54) is 0 Å². The van der Waals surface area contributed by atoms with Gasteiger partial charge in [0, 0.05) is 0 Å². The van der Waals surface area contributed by atoms with Crippen LogP contribution in [0.15, 0.2) is 0 Å². The lowest BCUT2D eigenvalue weighted by Gasteiger charge is -2.19. The van der Waals surface area contributed by atoms with Crippen molar-refractivity contribution in [1.82, 2.24) is 0 Å². The average molecular weight is 197 g/mol. The second-order valence-corrected chi connectivity index (χ2v) is 3.23. The third-order valence-electron chi connectivity index (χ3n) is 2.05. The van der Waals surface area contributed by atoms with Crippen molar-refractivity contribution in [2.45, 2.75) is 45.2 Å². The molecule has 0 saturated carbocycles. The summed E-state index contributed by atoms with van der Waals surface area (Å²) in [4.78, 5) is 0. The van der Waals surface area contributed by atoms with Crippen LogP contribution in [0.25, 0.3) is 0 Å². The molecule has 0 rings (SSSR count). The molecule has 1 nitrogen and oxygen atoms in total. The van der Waals surface area contributed by atoms with E-state index < -0.39 is 12.1 Å². The van der Waals surface area contributed by atoms with Crippen molar-refractivity contribution in [2.75, 3.05) is 6.61 Å². The van der Waals surface area contributed by atoms with E-state index in [1.807, 2.05) is 0 Å². The van der Waals surface area contributed by atoms with E-state index in [0.29, 0.717) is 19.3 Å². The van der Waals surface area contributed by atoms with E-state index in [2.05, 4.69) is 0 Å². The van der Waals surface area contributed by atoms with Crippen molar-refractivity contribution in [3.63, 3.8) is 0 Å². The predicted molar refractivity (Wildman–Crippen MR) is 43.9 cm³/mol. The summed E-state index contributed by atoms with van der Waals surface area (Å²) in [6.07, 6.45) is -2.49. The lowest BCUT2D eigenvalue weighted by Crippen LogP contribution is -2.22. The van der Waals surface area contributed by atoms with E-state index in [0.717, 1.165) is 0 Å². The average Bonchev–Trinajstić information content (AvgIpc) is 2.01. The second kappa shape index (κ2) is 6.24. The first kappa shape index (κ1) is 12.8. The van der Waals surface area contributed by atoms with Crippen LogP contribution >= 0.6 is 0 Å². The van der Waals surface area contributed by atoms with Crippen LogP contribution < -0.4 is 0 Å². The summed E-state index contributed by atoms with van der Waals surface area (Å²) in [5.74, 6) is -1.20. The van der Waals surface area contributed by atoms with Gasteiger partial charge in [-0.1, -0.05) is 19.8 Å². The van der Waals surface area contributed by atoms with Gasteiger partial charge in [0.05, 0.1) is 12.5 Å². The summed E-state index contributed by atoms with van der Waals surface area (Å²) < 4.78 is 36.8. The molecule has 1 unspecified atom stereocenters. The van der Waals surface area contributed by atoms with Crippen LogP contribution in [0.1, 0.15) is 39.0 Å². The molecule has 1 radical (unpaired) electrons. The molecule has 0 aliphatic heterocycles. The second-order valence-electron chi connectivity index (χ2n) is 3.23. The van der Waals surface area contributed by atoms with Gasteiger partial charge in [-0.3, -0.25) is 0 Å². The van der Waals surface area contributed by atoms with Crippen molar-refractivity contribution < 1.29 is 18.3 Å². The highest BCUT2D eigenvalue weighted by Crippen LogP contribution is 2.33. The Balaban J connectivity index is 3.81. The molecule has 0 amide bonds. The Labute approximate surface area is 76.9 Å². The summed E-state index contributed by atoms with van der Waals surface area (Å²) in [6, 6.07) is 0. The molecular weight excluding hydrogens is 181 g/mol. The fraction of sp³-hybridized carbons (Fsp3) is 1.00. The summed E-state index contributed by atoms with van der Waals surface area (Å²) in [6.45, 7) is 1.48. The molecule has 13 heavy (non-hydrogen) atoms. The number of halogens is 3. The molecule has 0 aliphatic rings. The fourth-order valence-corrected chi connectivity index (χ4v) is 1.31. The minimum Gasteiger partial charge on any atom is -0.237 e. The first-order valence-electron chi connectivity index (χ1n) is 4.67. The van der Waals surface area contributed by atoms with Crippen molar-refractivity contribution in [3.05, 3.63) is 0 Å². The highest BCUT2D eigenvalue weighted by Gasteiger charge is 2.37. The molecule has 0 bridgehead atoms. The van der Waals surface area contributed by atoms with Gasteiger partial charge >= 0.3 is 6.18 Å². The maximum atomic E-state index is 12.3. The van der Waals surface area contributed by atoms with Crippen LogP contribution in [0, 0.1) is 5.92 Å². The number of hydrogen-bond donors (Lipinski definition) is 0. The van der Waals surface area contributed by atoms with Gasteiger partial charge in [0.1, 0.15) is 0 Å². The van der Waals surface area contributed by atoms with E-state index in [-0.39, 0.29) is 19.4 Å². The van der Waals surface area contributed by atoms with E-state index in [1.54, 1.807) is 6.92 Å². The Bertz CT molecular complexity index is 123. The van der Waals surface area contributed by atoms with Crippen molar-refractivity contribution >= 4 is 0 Å². The summed E-state index contributed by atoms with van der Waals surface area (Å²) in [5, 5.41) is 10.0. The lowest BCUT2D eigenvalue weighted by atomic mass is 9.96. The van der Waals surface area contributed by atoms with Gasteiger partial charge in [-0.15, -0.1) is 0 Å². The summed E-state index contributed by atoms with van der Waals surface area (Å²) in [5.41, 5.74) is 0. The molecule has 4 heteroatoms. The molecule has 0 spiro atoms. The van der Waals surface area contributed by atoms with Gasteiger partial charge in [0.15, 0.2) is 0 Å². The van der Waals surface area contributed by atoms with Gasteiger partial charge in [-0.2, -0.15) is 13.2 Å². The maximum absolute atomic E-state index is 12.3. The van der Waals surface area contributed by atoms with Gasteiger partial charge in [-0.05, 0) is 19.3 Å². The van der Waals surface area contributed by atoms with Gasteiger partial charge in [-0.25, -0.2) is 5.11 Å². The smallest absolute Gasteiger partial charge is 0.237 e. The van der Waals surface area contributed by atoms with Gasteiger partial charge < -0.3 is 0 Å². The normalized spacial score (nSPS) is 14.5. The summed E-state index contributed by atoms with van der Waals surface area (Å²) >= 11 is 0. The van der Waals surface area contributed by atoms with Crippen molar-refractivity contribution in [2.24, 2.45) is 5.92 Å². The first-order valence-corrected chi connectivity index (χ1v) is 4.67. The molecule has 0 aliphatic carbocycles. The van der Waals surface area contributed by atoms with Gasteiger partial charge in [0.2, 0.25) is 0 Å². The third-order valence-corrected chi connectivity index (χ3v) is 2.05.